The molecule has 2 N–H and O–H groups in total. The van der Waals surface area contributed by atoms with E-state index in [1.54, 1.807) is 0 Å². The summed E-state index contributed by atoms with van der Waals surface area (Å²) in [6.45, 7) is 10.9. The maximum Gasteiger partial charge on any atom is 0.0635 e. The Balaban J connectivity index is 3.03. The molecule has 0 bridgehead atoms. The maximum atomic E-state index is 9.42. The van der Waals surface area contributed by atoms with Crippen molar-refractivity contribution in [3.63, 3.8) is 0 Å². The van der Waals surface area contributed by atoms with E-state index < -0.39 is 0 Å². The van der Waals surface area contributed by atoms with Crippen molar-refractivity contribution in [2.24, 2.45) is 5.92 Å². The number of rotatable bonds is 5. The Bertz CT molecular complexity index is 358. The molecule has 0 heterocycles. The number of aryl methyl sites for hydroxylation is 1. The Morgan fingerprint density at radius 1 is 1.18 bits per heavy atom. The summed E-state index contributed by atoms with van der Waals surface area (Å²) >= 11 is 0. The predicted octanol–water partition coefficient (Wildman–Crippen LogP) is 3.55. The lowest BCUT2D eigenvalue weighted by atomic mass is 9.96. The van der Waals surface area contributed by atoms with Gasteiger partial charge in [0.25, 0.3) is 0 Å². The maximum absolute atomic E-state index is 9.42. The van der Waals surface area contributed by atoms with Gasteiger partial charge in [-0.2, -0.15) is 0 Å². The van der Waals surface area contributed by atoms with Crippen molar-refractivity contribution in [1.82, 2.24) is 0 Å². The first-order valence-corrected chi connectivity index (χ1v) is 6.44. The monoisotopic (exact) mass is 235 g/mol. The smallest absolute Gasteiger partial charge is 0.0635 e. The van der Waals surface area contributed by atoms with Gasteiger partial charge in [0.1, 0.15) is 0 Å². The molecule has 0 radical (unpaired) electrons. The molecule has 2 nitrogen and oxygen atoms in total. The molecule has 1 atom stereocenters. The Morgan fingerprint density at radius 2 is 1.82 bits per heavy atom. The first-order valence-electron chi connectivity index (χ1n) is 6.44. The van der Waals surface area contributed by atoms with Crippen molar-refractivity contribution < 1.29 is 5.11 Å². The molecular weight excluding hydrogens is 210 g/mol. The standard InChI is InChI=1S/C15H25NO/c1-10(2)13-8-6-7-12(5)15(13)16-14(9-17)11(3)4/h6-8,10-11,14,16-17H,9H2,1-5H3. The van der Waals surface area contributed by atoms with Crippen LogP contribution >= 0.6 is 0 Å². The van der Waals surface area contributed by atoms with E-state index in [2.05, 4.69) is 58.1 Å². The van der Waals surface area contributed by atoms with Crippen molar-refractivity contribution in [1.29, 1.82) is 0 Å². The Labute approximate surface area is 105 Å². The van der Waals surface area contributed by atoms with E-state index in [9.17, 15) is 5.11 Å². The summed E-state index contributed by atoms with van der Waals surface area (Å²) in [7, 11) is 0. The van der Waals surface area contributed by atoms with Gasteiger partial charge in [-0.05, 0) is 29.9 Å². The third kappa shape index (κ3) is 3.47. The van der Waals surface area contributed by atoms with Crippen LogP contribution in [-0.4, -0.2) is 17.8 Å². The second-order valence-electron chi connectivity index (χ2n) is 5.37. The van der Waals surface area contributed by atoms with Gasteiger partial charge in [0.15, 0.2) is 0 Å². The fourth-order valence-corrected chi connectivity index (χ4v) is 1.98. The Morgan fingerprint density at radius 3 is 2.29 bits per heavy atom. The second kappa shape index (κ2) is 6.06. The number of hydrogen-bond donors (Lipinski definition) is 2. The molecule has 96 valence electrons. The number of nitrogens with one attached hydrogen (secondary N) is 1. The van der Waals surface area contributed by atoms with E-state index in [4.69, 9.17) is 0 Å². The fraction of sp³-hybridized carbons (Fsp3) is 0.600. The molecule has 1 aromatic carbocycles. The number of para-hydroxylation sites is 1. The topological polar surface area (TPSA) is 32.3 Å². The highest BCUT2D eigenvalue weighted by Gasteiger charge is 2.16. The zero-order chi connectivity index (χ0) is 13.0. The zero-order valence-corrected chi connectivity index (χ0v) is 11.6. The molecule has 0 saturated carbocycles. The third-order valence-electron chi connectivity index (χ3n) is 3.26. The normalized spacial score (nSPS) is 13.2. The van der Waals surface area contributed by atoms with Crippen LogP contribution in [0.4, 0.5) is 5.69 Å². The van der Waals surface area contributed by atoms with Gasteiger partial charge in [-0.3, -0.25) is 0 Å². The lowest BCUT2D eigenvalue weighted by molar-refractivity contribution is 0.249. The van der Waals surface area contributed by atoms with Crippen LogP contribution in [0.5, 0.6) is 0 Å². The van der Waals surface area contributed by atoms with Gasteiger partial charge in [-0.25, -0.2) is 0 Å². The largest absolute Gasteiger partial charge is 0.394 e. The van der Waals surface area contributed by atoms with E-state index >= 15 is 0 Å². The summed E-state index contributed by atoms with van der Waals surface area (Å²) in [5, 5.41) is 12.9. The minimum atomic E-state index is 0.119. The van der Waals surface area contributed by atoms with Crippen molar-refractivity contribution in [2.45, 2.75) is 46.6 Å². The van der Waals surface area contributed by atoms with Crippen LogP contribution in [0.1, 0.15) is 44.7 Å². The van der Waals surface area contributed by atoms with Gasteiger partial charge in [0, 0.05) is 5.69 Å². The molecule has 1 unspecified atom stereocenters. The zero-order valence-electron chi connectivity index (χ0n) is 11.6. The molecule has 0 aliphatic rings. The summed E-state index contributed by atoms with van der Waals surface area (Å²) in [5.41, 5.74) is 3.76. The molecule has 1 rings (SSSR count). The van der Waals surface area contributed by atoms with Crippen molar-refractivity contribution in [2.75, 3.05) is 11.9 Å². The van der Waals surface area contributed by atoms with Gasteiger partial charge in [0.2, 0.25) is 0 Å². The second-order valence-corrected chi connectivity index (χ2v) is 5.37. The van der Waals surface area contributed by atoms with Crippen LogP contribution in [0.2, 0.25) is 0 Å². The van der Waals surface area contributed by atoms with Gasteiger partial charge in [-0.1, -0.05) is 45.9 Å². The van der Waals surface area contributed by atoms with E-state index in [1.807, 2.05) is 0 Å². The Hall–Kier alpha value is -1.02. The fourth-order valence-electron chi connectivity index (χ4n) is 1.98. The summed E-state index contributed by atoms with van der Waals surface area (Å²) in [5.74, 6) is 0.906. The molecule has 0 amide bonds. The highest BCUT2D eigenvalue weighted by atomic mass is 16.3. The Kier molecular flexibility index (Phi) is 5.01. The van der Waals surface area contributed by atoms with Crippen LogP contribution in [0.15, 0.2) is 18.2 Å². The lowest BCUT2D eigenvalue weighted by Crippen LogP contribution is -2.30. The summed E-state index contributed by atoms with van der Waals surface area (Å²) in [6, 6.07) is 6.49. The summed E-state index contributed by atoms with van der Waals surface area (Å²) in [4.78, 5) is 0. The van der Waals surface area contributed by atoms with Gasteiger partial charge >= 0.3 is 0 Å². The SMILES string of the molecule is Cc1cccc(C(C)C)c1NC(CO)C(C)C. The highest BCUT2D eigenvalue weighted by Crippen LogP contribution is 2.28. The minimum absolute atomic E-state index is 0.119. The number of hydrogen-bond acceptors (Lipinski definition) is 2. The van der Waals surface area contributed by atoms with Crippen molar-refractivity contribution >= 4 is 5.69 Å². The summed E-state index contributed by atoms with van der Waals surface area (Å²) in [6.07, 6.45) is 0. The van der Waals surface area contributed by atoms with Crippen molar-refractivity contribution in [3.05, 3.63) is 29.3 Å². The molecule has 0 aliphatic heterocycles. The van der Waals surface area contributed by atoms with Crippen LogP contribution in [0, 0.1) is 12.8 Å². The number of aliphatic hydroxyl groups excluding tert-OH is 1. The van der Waals surface area contributed by atoms with E-state index in [0.717, 1.165) is 0 Å². The molecule has 17 heavy (non-hydrogen) atoms. The quantitative estimate of drug-likeness (QED) is 0.818. The molecule has 1 aromatic rings. The first-order chi connectivity index (χ1) is 7.97. The highest BCUT2D eigenvalue weighted by molar-refractivity contribution is 5.59. The number of benzene rings is 1. The molecule has 2 heteroatoms. The predicted molar refractivity (Wildman–Crippen MR) is 74.6 cm³/mol. The minimum Gasteiger partial charge on any atom is -0.394 e. The molecule has 0 fully saturated rings. The van der Waals surface area contributed by atoms with Crippen LogP contribution in [0.25, 0.3) is 0 Å². The third-order valence-corrected chi connectivity index (χ3v) is 3.26. The van der Waals surface area contributed by atoms with Crippen LogP contribution < -0.4 is 5.32 Å². The molecular formula is C15H25NO. The average molecular weight is 235 g/mol. The van der Waals surface area contributed by atoms with Crippen molar-refractivity contribution in [3.8, 4) is 0 Å². The van der Waals surface area contributed by atoms with Crippen LogP contribution in [0.3, 0.4) is 0 Å². The molecule has 0 aliphatic carbocycles. The summed E-state index contributed by atoms with van der Waals surface area (Å²) < 4.78 is 0. The molecule has 0 saturated heterocycles. The van der Waals surface area contributed by atoms with Crippen LogP contribution in [-0.2, 0) is 0 Å². The first kappa shape index (κ1) is 14.0. The number of anilines is 1. The molecule has 0 aromatic heterocycles. The van der Waals surface area contributed by atoms with Gasteiger partial charge in [0.05, 0.1) is 12.6 Å². The number of aliphatic hydroxyl groups is 1. The molecule has 0 spiro atoms. The van der Waals surface area contributed by atoms with Gasteiger partial charge in [-0.15, -0.1) is 0 Å². The van der Waals surface area contributed by atoms with E-state index in [0.29, 0.717) is 11.8 Å². The average Bonchev–Trinajstić information content (AvgIpc) is 2.26. The van der Waals surface area contributed by atoms with E-state index in [1.165, 1.54) is 16.8 Å². The van der Waals surface area contributed by atoms with E-state index in [-0.39, 0.29) is 12.6 Å². The van der Waals surface area contributed by atoms with Gasteiger partial charge < -0.3 is 10.4 Å². The lowest BCUT2D eigenvalue weighted by Gasteiger charge is -2.25.